The van der Waals surface area contributed by atoms with E-state index in [-0.39, 0.29) is 6.04 Å². The van der Waals surface area contributed by atoms with Gasteiger partial charge in [0.25, 0.3) is 0 Å². The van der Waals surface area contributed by atoms with Crippen molar-refractivity contribution in [1.29, 1.82) is 0 Å². The highest BCUT2D eigenvalue weighted by Gasteiger charge is 2.34. The minimum Gasteiger partial charge on any atom is -0.497 e. The molecule has 1 aliphatic carbocycles. The lowest BCUT2D eigenvalue weighted by atomic mass is 10.1. The molecule has 4 aromatic rings. The smallest absolute Gasteiger partial charge is 0.146 e. The summed E-state index contributed by atoms with van der Waals surface area (Å²) in [6.07, 6.45) is 4.03. The molecular weight excluding hydrogens is 446 g/mol. The summed E-state index contributed by atoms with van der Waals surface area (Å²) in [6, 6.07) is 7.92. The number of methoxy groups -OCH3 is 3. The van der Waals surface area contributed by atoms with Gasteiger partial charge in [-0.1, -0.05) is 5.16 Å². The molecule has 0 saturated heterocycles. The van der Waals surface area contributed by atoms with Gasteiger partial charge in [-0.15, -0.1) is 0 Å². The molecule has 1 aliphatic rings. The second-order valence-corrected chi connectivity index (χ2v) is 9.05. The van der Waals surface area contributed by atoms with Crippen molar-refractivity contribution in [2.45, 2.75) is 51.8 Å². The number of pyridine rings is 1. The van der Waals surface area contributed by atoms with Crippen molar-refractivity contribution in [3.8, 4) is 22.9 Å². The molecule has 0 aliphatic heterocycles. The monoisotopic (exact) mass is 477 g/mol. The highest BCUT2D eigenvalue weighted by molar-refractivity contribution is 6.00. The van der Waals surface area contributed by atoms with Crippen LogP contribution in [0.15, 0.2) is 35.0 Å². The maximum absolute atomic E-state index is 5.82. The summed E-state index contributed by atoms with van der Waals surface area (Å²) in [5, 5.41) is 13.9. The lowest BCUT2D eigenvalue weighted by Gasteiger charge is -2.13. The molecule has 0 amide bonds. The first-order valence-electron chi connectivity index (χ1n) is 11.8. The molecule has 0 bridgehead atoms. The Labute approximate surface area is 204 Å². The van der Waals surface area contributed by atoms with E-state index in [1.807, 2.05) is 28.9 Å². The number of ether oxygens (including phenoxy) is 3. The van der Waals surface area contributed by atoms with E-state index < -0.39 is 0 Å². The first-order valence-corrected chi connectivity index (χ1v) is 11.8. The topological polar surface area (TPSA) is 96.5 Å². The Bertz CT molecular complexity index is 1340. The quantitative estimate of drug-likeness (QED) is 0.328. The minimum atomic E-state index is 0.156. The molecular formula is C26H31N5O4. The van der Waals surface area contributed by atoms with Crippen LogP contribution in [0.3, 0.4) is 0 Å². The van der Waals surface area contributed by atoms with Crippen molar-refractivity contribution in [2.24, 2.45) is 0 Å². The van der Waals surface area contributed by atoms with E-state index in [2.05, 4.69) is 29.3 Å². The van der Waals surface area contributed by atoms with Crippen molar-refractivity contribution in [3.05, 3.63) is 47.3 Å². The molecule has 9 heteroatoms. The fraction of sp³-hybridized carbons (Fsp3) is 0.423. The number of nitrogens with zero attached hydrogens (tertiary/aromatic N) is 4. The Morgan fingerprint density at radius 1 is 1.11 bits per heavy atom. The lowest BCUT2D eigenvalue weighted by Crippen LogP contribution is -2.05. The SMILES string of the molecule is COCc1c(-c2nn(C(C)C)c3ccnc(NCc4ccc(OC)cc4OC)c23)noc1C1CC1. The first kappa shape index (κ1) is 23.2. The number of hydrogen-bond donors (Lipinski definition) is 1. The van der Waals surface area contributed by atoms with Crippen molar-refractivity contribution in [3.63, 3.8) is 0 Å². The Kier molecular flexibility index (Phi) is 6.34. The number of aromatic nitrogens is 4. The highest BCUT2D eigenvalue weighted by Crippen LogP contribution is 2.45. The molecule has 9 nitrogen and oxygen atoms in total. The van der Waals surface area contributed by atoms with Gasteiger partial charge in [-0.2, -0.15) is 5.10 Å². The Balaban J connectivity index is 1.59. The van der Waals surface area contributed by atoms with Crippen molar-refractivity contribution < 1.29 is 18.7 Å². The molecule has 184 valence electrons. The summed E-state index contributed by atoms with van der Waals surface area (Å²) in [5.74, 6) is 3.54. The molecule has 0 spiro atoms. The largest absolute Gasteiger partial charge is 0.497 e. The molecule has 1 N–H and O–H groups in total. The zero-order valence-electron chi connectivity index (χ0n) is 20.8. The van der Waals surface area contributed by atoms with E-state index in [1.165, 1.54) is 0 Å². The summed E-state index contributed by atoms with van der Waals surface area (Å²) in [6.45, 7) is 5.16. The van der Waals surface area contributed by atoms with Crippen molar-refractivity contribution in [1.82, 2.24) is 19.9 Å². The average molecular weight is 478 g/mol. The number of anilines is 1. The van der Waals surface area contributed by atoms with Crippen LogP contribution in [0.4, 0.5) is 5.82 Å². The van der Waals surface area contributed by atoms with Gasteiger partial charge in [0.1, 0.15) is 34.5 Å². The number of fused-ring (bicyclic) bond motifs is 1. The Hall–Kier alpha value is -3.59. The third-order valence-corrected chi connectivity index (χ3v) is 6.33. The molecule has 1 fully saturated rings. The third kappa shape index (κ3) is 4.32. The van der Waals surface area contributed by atoms with Gasteiger partial charge in [-0.05, 0) is 44.9 Å². The molecule has 0 atom stereocenters. The summed E-state index contributed by atoms with van der Waals surface area (Å²) < 4.78 is 24.2. The van der Waals surface area contributed by atoms with Crippen LogP contribution >= 0.6 is 0 Å². The number of rotatable bonds is 10. The maximum atomic E-state index is 5.82. The van der Waals surface area contributed by atoms with E-state index in [0.29, 0.717) is 19.1 Å². The van der Waals surface area contributed by atoms with E-state index >= 15 is 0 Å². The van der Waals surface area contributed by atoms with Crippen LogP contribution in [0.25, 0.3) is 22.3 Å². The van der Waals surface area contributed by atoms with Crippen LogP contribution in [0.2, 0.25) is 0 Å². The number of hydrogen-bond acceptors (Lipinski definition) is 8. The molecule has 1 saturated carbocycles. The second kappa shape index (κ2) is 9.58. The van der Waals surface area contributed by atoms with Gasteiger partial charge in [0.2, 0.25) is 0 Å². The van der Waals surface area contributed by atoms with Gasteiger partial charge < -0.3 is 24.1 Å². The maximum Gasteiger partial charge on any atom is 0.146 e. The van der Waals surface area contributed by atoms with Crippen LogP contribution in [-0.4, -0.2) is 41.3 Å². The average Bonchev–Trinajstić information content (AvgIpc) is 3.51. The van der Waals surface area contributed by atoms with E-state index in [9.17, 15) is 0 Å². The summed E-state index contributed by atoms with van der Waals surface area (Å²) in [5.41, 5.74) is 4.40. The molecule has 3 aromatic heterocycles. The fourth-order valence-electron chi connectivity index (χ4n) is 4.42. The Morgan fingerprint density at radius 2 is 1.94 bits per heavy atom. The predicted octanol–water partition coefficient (Wildman–Crippen LogP) is 5.32. The Morgan fingerprint density at radius 3 is 2.63 bits per heavy atom. The van der Waals surface area contributed by atoms with Gasteiger partial charge in [-0.25, -0.2) is 4.98 Å². The van der Waals surface area contributed by atoms with Crippen molar-refractivity contribution >= 4 is 16.7 Å². The molecule has 5 rings (SSSR count). The van der Waals surface area contributed by atoms with Gasteiger partial charge in [0, 0.05) is 43.4 Å². The fourth-order valence-corrected chi connectivity index (χ4v) is 4.42. The summed E-state index contributed by atoms with van der Waals surface area (Å²) >= 11 is 0. The zero-order valence-corrected chi connectivity index (χ0v) is 20.8. The van der Waals surface area contributed by atoms with Gasteiger partial charge in [0.05, 0.1) is 37.3 Å². The molecule has 1 aromatic carbocycles. The first-order chi connectivity index (χ1) is 17.0. The van der Waals surface area contributed by atoms with Gasteiger partial charge in [0.15, 0.2) is 0 Å². The predicted molar refractivity (Wildman–Crippen MR) is 133 cm³/mol. The molecule has 0 unspecified atom stereocenters. The van der Waals surface area contributed by atoms with E-state index in [1.54, 1.807) is 27.5 Å². The third-order valence-electron chi connectivity index (χ3n) is 6.33. The molecule has 0 radical (unpaired) electrons. The van der Waals surface area contributed by atoms with Crippen LogP contribution in [0.5, 0.6) is 11.5 Å². The second-order valence-electron chi connectivity index (χ2n) is 9.05. The minimum absolute atomic E-state index is 0.156. The van der Waals surface area contributed by atoms with E-state index in [0.717, 1.165) is 69.3 Å². The van der Waals surface area contributed by atoms with Crippen LogP contribution in [-0.2, 0) is 17.9 Å². The normalized spacial score (nSPS) is 13.5. The van der Waals surface area contributed by atoms with Crippen LogP contribution in [0, 0.1) is 0 Å². The van der Waals surface area contributed by atoms with E-state index in [4.69, 9.17) is 23.8 Å². The number of benzene rings is 1. The standard InChI is InChI=1S/C26H31N5O4/c1-15(2)31-20-10-11-27-26(28-13-17-8-9-18(33-4)12-21(17)34-5)22(20)24(29-31)23-19(14-32-3)25(35-30-23)16-6-7-16/h8-12,15-16H,6-7,13-14H2,1-5H3,(H,27,28). The van der Waals surface area contributed by atoms with Gasteiger partial charge >= 0.3 is 0 Å². The molecule has 3 heterocycles. The van der Waals surface area contributed by atoms with Crippen molar-refractivity contribution in [2.75, 3.05) is 26.6 Å². The van der Waals surface area contributed by atoms with Crippen LogP contribution < -0.4 is 14.8 Å². The van der Waals surface area contributed by atoms with Crippen LogP contribution in [0.1, 0.15) is 55.5 Å². The molecule has 35 heavy (non-hydrogen) atoms. The summed E-state index contributed by atoms with van der Waals surface area (Å²) in [7, 11) is 4.98. The highest BCUT2D eigenvalue weighted by atomic mass is 16.5. The number of nitrogens with one attached hydrogen (secondary N) is 1. The van der Waals surface area contributed by atoms with Gasteiger partial charge in [-0.3, -0.25) is 4.68 Å². The zero-order chi connectivity index (χ0) is 24.5. The summed E-state index contributed by atoms with van der Waals surface area (Å²) in [4.78, 5) is 4.68. The lowest BCUT2D eigenvalue weighted by molar-refractivity contribution is 0.183.